The van der Waals surface area contributed by atoms with Crippen molar-refractivity contribution in [2.45, 2.75) is 6.42 Å². The number of nitro groups is 1. The summed E-state index contributed by atoms with van der Waals surface area (Å²) in [5.74, 6) is 0. The highest BCUT2D eigenvalue weighted by atomic mass is 127. The highest BCUT2D eigenvalue weighted by Gasteiger charge is 2.11. The summed E-state index contributed by atoms with van der Waals surface area (Å²) < 4.78 is 1.42. The lowest BCUT2D eigenvalue weighted by atomic mass is 10.2. The van der Waals surface area contributed by atoms with Crippen molar-refractivity contribution in [3.8, 4) is 0 Å². The Morgan fingerprint density at radius 1 is 1.37 bits per heavy atom. The number of hydrogen-bond acceptors (Lipinski definition) is 4. The van der Waals surface area contributed by atoms with E-state index in [1.165, 1.54) is 10.9 Å². The number of benzene rings is 1. The molecule has 0 fully saturated rings. The van der Waals surface area contributed by atoms with Crippen LogP contribution in [-0.4, -0.2) is 11.5 Å². The Morgan fingerprint density at radius 3 is 2.74 bits per heavy atom. The number of nitrogens with zero attached hydrogens (tertiary/aromatic N) is 1. The molecule has 4 nitrogen and oxygen atoms in total. The summed E-state index contributed by atoms with van der Waals surface area (Å²) in [6, 6.07) is 8.92. The molecule has 2 aromatic rings. The summed E-state index contributed by atoms with van der Waals surface area (Å²) in [5.41, 5.74) is 1.02. The van der Waals surface area contributed by atoms with Crippen LogP contribution in [0.4, 0.5) is 11.4 Å². The fraction of sp³-hybridized carbons (Fsp3) is 0.167. The van der Waals surface area contributed by atoms with Gasteiger partial charge in [0.05, 0.1) is 12.8 Å². The molecule has 0 unspecified atom stereocenters. The van der Waals surface area contributed by atoms with Crippen LogP contribution in [0.5, 0.6) is 0 Å². The monoisotopic (exact) mass is 408 g/mol. The maximum atomic E-state index is 10.7. The van der Waals surface area contributed by atoms with Crippen LogP contribution >= 0.6 is 45.5 Å². The molecule has 0 aliphatic heterocycles. The lowest BCUT2D eigenvalue weighted by Gasteiger charge is -2.06. The third-order valence-corrected chi connectivity index (χ3v) is 4.63. The number of thiophene rings is 1. The van der Waals surface area contributed by atoms with E-state index in [-0.39, 0.29) is 10.6 Å². The Balaban J connectivity index is 1.93. The smallest absolute Gasteiger partial charge is 0.282 e. The Hall–Kier alpha value is -0.860. The Labute approximate surface area is 133 Å². The number of anilines is 1. The van der Waals surface area contributed by atoms with Crippen molar-refractivity contribution >= 4 is 56.9 Å². The molecule has 0 aliphatic carbocycles. The first-order valence-corrected chi connectivity index (χ1v) is 7.75. The van der Waals surface area contributed by atoms with Crippen LogP contribution in [-0.2, 0) is 6.42 Å². The number of halogens is 2. The lowest BCUT2D eigenvalue weighted by Crippen LogP contribution is -2.04. The SMILES string of the molecule is O=[N+]([O-])c1ccc(NCCc2ccc(Cl)s2)cc1I. The molecule has 1 aromatic carbocycles. The van der Waals surface area contributed by atoms with E-state index in [9.17, 15) is 10.1 Å². The molecule has 1 N–H and O–H groups in total. The van der Waals surface area contributed by atoms with Gasteiger partial charge in [0.1, 0.15) is 0 Å². The minimum Gasteiger partial charge on any atom is -0.385 e. The number of rotatable bonds is 5. The molecule has 100 valence electrons. The zero-order valence-electron chi connectivity index (χ0n) is 9.73. The van der Waals surface area contributed by atoms with E-state index >= 15 is 0 Å². The Morgan fingerprint density at radius 2 is 2.16 bits per heavy atom. The van der Waals surface area contributed by atoms with Gasteiger partial charge in [0.25, 0.3) is 5.69 Å². The summed E-state index contributed by atoms with van der Waals surface area (Å²) in [5, 5.41) is 13.9. The molecule has 0 amide bonds. The minimum absolute atomic E-state index is 0.135. The van der Waals surface area contributed by atoms with Gasteiger partial charge in [0.15, 0.2) is 0 Å². The van der Waals surface area contributed by atoms with Crippen molar-refractivity contribution in [1.29, 1.82) is 0 Å². The second-order valence-electron chi connectivity index (χ2n) is 3.81. The molecule has 7 heteroatoms. The molecule has 0 bridgehead atoms. The summed E-state index contributed by atoms with van der Waals surface area (Å²) in [6.07, 6.45) is 0.880. The van der Waals surface area contributed by atoms with Crippen LogP contribution < -0.4 is 5.32 Å². The average Bonchev–Trinajstić information content (AvgIpc) is 2.75. The fourth-order valence-electron chi connectivity index (χ4n) is 1.58. The Bertz CT molecular complexity index is 603. The number of nitro benzene ring substituents is 1. The van der Waals surface area contributed by atoms with Crippen LogP contribution in [0.3, 0.4) is 0 Å². The van der Waals surface area contributed by atoms with Crippen molar-refractivity contribution < 1.29 is 4.92 Å². The molecule has 19 heavy (non-hydrogen) atoms. The molecule has 1 aromatic heterocycles. The van der Waals surface area contributed by atoms with Gasteiger partial charge in [0, 0.05) is 23.2 Å². The maximum absolute atomic E-state index is 10.7. The minimum atomic E-state index is -0.376. The third kappa shape index (κ3) is 4.05. The zero-order valence-corrected chi connectivity index (χ0v) is 13.5. The molecule has 0 aliphatic rings. The van der Waals surface area contributed by atoms with Gasteiger partial charge in [-0.2, -0.15) is 0 Å². The largest absolute Gasteiger partial charge is 0.385 e. The Kier molecular flexibility index (Phi) is 5.00. The summed E-state index contributed by atoms with van der Waals surface area (Å²) in [7, 11) is 0. The van der Waals surface area contributed by atoms with E-state index in [1.807, 2.05) is 34.7 Å². The first-order chi connectivity index (χ1) is 9.06. The topological polar surface area (TPSA) is 55.2 Å². The van der Waals surface area contributed by atoms with Gasteiger partial charge in [-0.15, -0.1) is 11.3 Å². The normalized spacial score (nSPS) is 10.4. The molecule has 0 atom stereocenters. The van der Waals surface area contributed by atoms with Crippen LogP contribution in [0.1, 0.15) is 4.88 Å². The van der Waals surface area contributed by atoms with Crippen molar-refractivity contribution in [2.75, 3.05) is 11.9 Å². The van der Waals surface area contributed by atoms with E-state index in [0.29, 0.717) is 3.57 Å². The fourth-order valence-corrected chi connectivity index (χ4v) is 3.38. The van der Waals surface area contributed by atoms with E-state index in [1.54, 1.807) is 23.5 Å². The van der Waals surface area contributed by atoms with E-state index in [2.05, 4.69) is 5.32 Å². The standard InChI is InChI=1S/C12H10ClIN2O2S/c13-12-4-2-9(19-12)5-6-15-8-1-3-11(16(17)18)10(14)7-8/h1-4,7,15H,5-6H2. The molecular formula is C12H10ClIN2O2S. The van der Waals surface area contributed by atoms with E-state index in [4.69, 9.17) is 11.6 Å². The first-order valence-electron chi connectivity index (χ1n) is 5.48. The maximum Gasteiger partial charge on any atom is 0.282 e. The van der Waals surface area contributed by atoms with Crippen LogP contribution in [0, 0.1) is 13.7 Å². The first kappa shape index (κ1) is 14.5. The number of nitrogens with one attached hydrogen (secondary N) is 1. The van der Waals surface area contributed by atoms with Crippen molar-refractivity contribution in [3.63, 3.8) is 0 Å². The van der Waals surface area contributed by atoms with Crippen molar-refractivity contribution in [2.24, 2.45) is 0 Å². The van der Waals surface area contributed by atoms with Crippen LogP contribution in [0.25, 0.3) is 0 Å². The van der Waals surface area contributed by atoms with Crippen LogP contribution in [0.2, 0.25) is 4.34 Å². The van der Waals surface area contributed by atoms with Gasteiger partial charge >= 0.3 is 0 Å². The summed E-state index contributed by atoms with van der Waals surface area (Å²) in [6.45, 7) is 0.769. The van der Waals surface area contributed by atoms with Gasteiger partial charge in [-0.25, -0.2) is 0 Å². The lowest BCUT2D eigenvalue weighted by molar-refractivity contribution is -0.385. The van der Waals surface area contributed by atoms with Gasteiger partial charge < -0.3 is 5.32 Å². The highest BCUT2D eigenvalue weighted by Crippen LogP contribution is 2.25. The summed E-state index contributed by atoms with van der Waals surface area (Å²) in [4.78, 5) is 11.5. The predicted molar refractivity (Wildman–Crippen MR) is 87.3 cm³/mol. The zero-order chi connectivity index (χ0) is 13.8. The van der Waals surface area contributed by atoms with E-state index in [0.717, 1.165) is 23.0 Å². The molecule has 0 saturated heterocycles. The van der Waals surface area contributed by atoms with Crippen molar-refractivity contribution in [3.05, 3.63) is 53.2 Å². The quantitative estimate of drug-likeness (QED) is 0.448. The van der Waals surface area contributed by atoms with Crippen molar-refractivity contribution in [1.82, 2.24) is 0 Å². The predicted octanol–water partition coefficient (Wildman–Crippen LogP) is 4.57. The number of hydrogen-bond donors (Lipinski definition) is 1. The van der Waals surface area contributed by atoms with Gasteiger partial charge in [-0.3, -0.25) is 10.1 Å². The molecule has 0 saturated carbocycles. The second kappa shape index (κ2) is 6.53. The summed E-state index contributed by atoms with van der Waals surface area (Å²) >= 11 is 9.40. The van der Waals surface area contributed by atoms with Gasteiger partial charge in [-0.05, 0) is 53.3 Å². The molecule has 1 heterocycles. The third-order valence-electron chi connectivity index (χ3n) is 2.47. The second-order valence-corrected chi connectivity index (χ2v) is 6.77. The molecular weight excluding hydrogens is 399 g/mol. The average molecular weight is 409 g/mol. The van der Waals surface area contributed by atoms with E-state index < -0.39 is 0 Å². The van der Waals surface area contributed by atoms with Gasteiger partial charge in [0.2, 0.25) is 0 Å². The molecule has 0 radical (unpaired) electrons. The molecule has 0 spiro atoms. The highest BCUT2D eigenvalue weighted by molar-refractivity contribution is 14.1. The van der Waals surface area contributed by atoms with Gasteiger partial charge in [-0.1, -0.05) is 11.6 Å². The van der Waals surface area contributed by atoms with Crippen LogP contribution in [0.15, 0.2) is 30.3 Å². The molecule has 2 rings (SSSR count).